The van der Waals surface area contributed by atoms with Crippen molar-refractivity contribution in [2.24, 2.45) is 0 Å². The van der Waals surface area contributed by atoms with E-state index in [-0.39, 0.29) is 31.5 Å². The minimum absolute atomic E-state index is 0.0597. The van der Waals surface area contributed by atoms with Gasteiger partial charge in [0.15, 0.2) is 6.61 Å². The molecular formula is C32H33FN2O3. The Hall–Kier alpha value is -4.19. The summed E-state index contributed by atoms with van der Waals surface area (Å²) < 4.78 is 20.7. The molecule has 0 aliphatic rings. The van der Waals surface area contributed by atoms with Crippen molar-refractivity contribution >= 4 is 22.6 Å². The van der Waals surface area contributed by atoms with Gasteiger partial charge in [-0.05, 0) is 36.4 Å². The van der Waals surface area contributed by atoms with Crippen molar-refractivity contribution in [2.45, 2.75) is 45.3 Å². The third-order valence-corrected chi connectivity index (χ3v) is 6.67. The summed E-state index contributed by atoms with van der Waals surface area (Å²) in [5.74, 6) is -0.536. The molecule has 0 saturated carbocycles. The summed E-state index contributed by atoms with van der Waals surface area (Å²) in [4.78, 5) is 28.7. The number of carbonyl (C=O) groups is 2. The Kier molecular flexibility index (Phi) is 9.09. The normalized spacial score (nSPS) is 12.5. The van der Waals surface area contributed by atoms with Gasteiger partial charge in [0.05, 0.1) is 0 Å². The van der Waals surface area contributed by atoms with E-state index in [1.54, 1.807) is 18.2 Å². The first-order valence-electron chi connectivity index (χ1n) is 12.9. The molecule has 0 spiro atoms. The Labute approximate surface area is 223 Å². The number of benzene rings is 4. The zero-order valence-corrected chi connectivity index (χ0v) is 21.8. The molecule has 0 saturated heterocycles. The topological polar surface area (TPSA) is 58.6 Å². The smallest absolute Gasteiger partial charge is 0.261 e. The van der Waals surface area contributed by atoms with E-state index in [2.05, 4.69) is 5.32 Å². The maximum atomic E-state index is 14.7. The van der Waals surface area contributed by atoms with Crippen LogP contribution in [0.4, 0.5) is 4.39 Å². The molecule has 1 N–H and O–H groups in total. The van der Waals surface area contributed by atoms with Gasteiger partial charge in [0.2, 0.25) is 5.91 Å². The van der Waals surface area contributed by atoms with E-state index in [9.17, 15) is 14.0 Å². The second-order valence-corrected chi connectivity index (χ2v) is 9.40. The monoisotopic (exact) mass is 512 g/mol. The van der Waals surface area contributed by atoms with Gasteiger partial charge in [-0.2, -0.15) is 0 Å². The van der Waals surface area contributed by atoms with Gasteiger partial charge in [-0.15, -0.1) is 0 Å². The van der Waals surface area contributed by atoms with Crippen molar-refractivity contribution < 1.29 is 18.7 Å². The molecule has 0 aromatic heterocycles. The van der Waals surface area contributed by atoms with Crippen LogP contribution >= 0.6 is 0 Å². The lowest BCUT2D eigenvalue weighted by atomic mass is 10.0. The van der Waals surface area contributed by atoms with Crippen molar-refractivity contribution in [3.8, 4) is 5.75 Å². The molecule has 0 aliphatic heterocycles. The van der Waals surface area contributed by atoms with Gasteiger partial charge in [-0.1, -0.05) is 91.9 Å². The molecule has 4 aromatic carbocycles. The number of rotatable bonds is 11. The molecule has 4 rings (SSSR count). The average molecular weight is 513 g/mol. The van der Waals surface area contributed by atoms with Crippen LogP contribution in [0.15, 0.2) is 97.1 Å². The number of nitrogens with one attached hydrogen (secondary N) is 1. The molecule has 0 aliphatic carbocycles. The second kappa shape index (κ2) is 12.9. The molecule has 0 bridgehead atoms. The highest BCUT2D eigenvalue weighted by Crippen LogP contribution is 2.25. The first-order valence-corrected chi connectivity index (χ1v) is 12.9. The minimum atomic E-state index is -0.852. The molecule has 5 nitrogen and oxygen atoms in total. The molecule has 0 unspecified atom stereocenters. The van der Waals surface area contributed by atoms with Crippen LogP contribution in [0.2, 0.25) is 0 Å². The molecule has 2 atom stereocenters. The lowest BCUT2D eigenvalue weighted by molar-refractivity contribution is -0.143. The van der Waals surface area contributed by atoms with Gasteiger partial charge in [0.25, 0.3) is 5.91 Å². The van der Waals surface area contributed by atoms with Crippen LogP contribution in [0.25, 0.3) is 10.8 Å². The fraction of sp³-hybridized carbons (Fsp3) is 0.250. The van der Waals surface area contributed by atoms with E-state index in [1.165, 1.54) is 11.0 Å². The maximum Gasteiger partial charge on any atom is 0.261 e. The first kappa shape index (κ1) is 26.9. The number of fused-ring (bicyclic) bond motifs is 1. The highest BCUT2D eigenvalue weighted by atomic mass is 19.1. The van der Waals surface area contributed by atoms with Gasteiger partial charge >= 0.3 is 0 Å². The third kappa shape index (κ3) is 6.76. The van der Waals surface area contributed by atoms with Gasteiger partial charge < -0.3 is 15.0 Å². The number of halogens is 1. The summed E-state index contributed by atoms with van der Waals surface area (Å²) >= 11 is 0. The van der Waals surface area contributed by atoms with Crippen LogP contribution in [-0.2, 0) is 22.6 Å². The van der Waals surface area contributed by atoms with Gasteiger partial charge in [0, 0.05) is 30.0 Å². The number of hydrogen-bond acceptors (Lipinski definition) is 3. The van der Waals surface area contributed by atoms with Crippen LogP contribution < -0.4 is 10.1 Å². The summed E-state index contributed by atoms with van der Waals surface area (Å²) in [5, 5.41) is 4.90. The first-order chi connectivity index (χ1) is 18.5. The Morgan fingerprint density at radius 3 is 2.34 bits per heavy atom. The molecule has 6 heteroatoms. The largest absolute Gasteiger partial charge is 0.483 e. The van der Waals surface area contributed by atoms with Crippen molar-refractivity contribution in [1.82, 2.24) is 10.2 Å². The molecule has 0 radical (unpaired) electrons. The zero-order chi connectivity index (χ0) is 26.9. The Bertz CT molecular complexity index is 1370. The van der Waals surface area contributed by atoms with Gasteiger partial charge in [0.1, 0.15) is 17.6 Å². The van der Waals surface area contributed by atoms with Crippen molar-refractivity contribution in [2.75, 3.05) is 6.61 Å². The fourth-order valence-corrected chi connectivity index (χ4v) is 4.35. The minimum Gasteiger partial charge on any atom is -0.483 e. The molecule has 4 aromatic rings. The highest BCUT2D eigenvalue weighted by molar-refractivity contribution is 5.90. The maximum absolute atomic E-state index is 14.7. The number of amides is 2. The van der Waals surface area contributed by atoms with E-state index in [0.717, 1.165) is 22.8 Å². The van der Waals surface area contributed by atoms with E-state index in [1.807, 2.05) is 86.6 Å². The van der Waals surface area contributed by atoms with Crippen LogP contribution in [0, 0.1) is 5.82 Å². The number of carbonyl (C=O) groups excluding carboxylic acids is 2. The van der Waals surface area contributed by atoms with E-state index < -0.39 is 17.8 Å². The van der Waals surface area contributed by atoms with Crippen molar-refractivity contribution in [3.63, 3.8) is 0 Å². The van der Waals surface area contributed by atoms with Crippen LogP contribution in [0.1, 0.15) is 31.4 Å². The summed E-state index contributed by atoms with van der Waals surface area (Å²) in [5.41, 5.74) is 1.23. The number of ether oxygens (including phenoxy) is 1. The van der Waals surface area contributed by atoms with Crippen LogP contribution in [-0.4, -0.2) is 35.4 Å². The summed E-state index contributed by atoms with van der Waals surface area (Å²) in [6, 6.07) is 28.3. The highest BCUT2D eigenvalue weighted by Gasteiger charge is 2.31. The van der Waals surface area contributed by atoms with E-state index in [0.29, 0.717) is 11.3 Å². The van der Waals surface area contributed by atoms with Gasteiger partial charge in [-0.3, -0.25) is 9.59 Å². The zero-order valence-electron chi connectivity index (χ0n) is 21.8. The number of hydrogen-bond donors (Lipinski definition) is 1. The molecule has 196 valence electrons. The predicted octanol–water partition coefficient (Wildman–Crippen LogP) is 5.91. The van der Waals surface area contributed by atoms with Crippen molar-refractivity contribution in [1.29, 1.82) is 0 Å². The molecule has 38 heavy (non-hydrogen) atoms. The quantitative estimate of drug-likeness (QED) is 0.272. The Morgan fingerprint density at radius 2 is 1.58 bits per heavy atom. The summed E-state index contributed by atoms with van der Waals surface area (Å²) in [6.07, 6.45) is 1.03. The fourth-order valence-electron chi connectivity index (χ4n) is 4.35. The summed E-state index contributed by atoms with van der Waals surface area (Å²) in [7, 11) is 0. The predicted molar refractivity (Wildman–Crippen MR) is 148 cm³/mol. The SMILES string of the molecule is CC[C@H](C)NC(=O)[C@@H](Cc1ccccc1)N(Cc1ccccc1F)C(=O)COc1cccc2ccccc12. The average Bonchev–Trinajstić information content (AvgIpc) is 2.94. The van der Waals surface area contributed by atoms with Crippen molar-refractivity contribution in [3.05, 3.63) is 114 Å². The number of nitrogens with zero attached hydrogens (tertiary/aromatic N) is 1. The third-order valence-electron chi connectivity index (χ3n) is 6.67. The van der Waals surface area contributed by atoms with Crippen LogP contribution in [0.5, 0.6) is 5.75 Å². The van der Waals surface area contributed by atoms with E-state index >= 15 is 0 Å². The second-order valence-electron chi connectivity index (χ2n) is 9.40. The lowest BCUT2D eigenvalue weighted by Gasteiger charge is -2.32. The molecule has 2 amide bonds. The van der Waals surface area contributed by atoms with Gasteiger partial charge in [-0.25, -0.2) is 4.39 Å². The van der Waals surface area contributed by atoms with Crippen LogP contribution in [0.3, 0.4) is 0 Å². The Balaban J connectivity index is 1.66. The molecule has 0 heterocycles. The van der Waals surface area contributed by atoms with E-state index in [4.69, 9.17) is 4.74 Å². The summed E-state index contributed by atoms with van der Waals surface area (Å²) in [6.45, 7) is 3.56. The lowest BCUT2D eigenvalue weighted by Crippen LogP contribution is -2.53. The molecule has 0 fully saturated rings. The molecular weight excluding hydrogens is 479 g/mol. The Morgan fingerprint density at radius 1 is 0.895 bits per heavy atom. The standard InChI is InChI=1S/C32H33FN2O3/c1-3-23(2)34-32(37)29(20-24-12-5-4-6-13-24)35(21-26-15-8-10-18-28(26)33)31(36)22-38-30-19-11-16-25-14-7-9-17-27(25)30/h4-19,23,29H,3,20-22H2,1-2H3,(H,34,37)/t23-,29+/m0/s1.